The lowest BCUT2D eigenvalue weighted by atomic mass is 10.0. The molecule has 0 unspecified atom stereocenters. The highest BCUT2D eigenvalue weighted by molar-refractivity contribution is 6.03. The summed E-state index contributed by atoms with van der Waals surface area (Å²) in [5, 5.41) is 0.855. The Morgan fingerprint density at radius 1 is 1.17 bits per heavy atom. The molecule has 124 valence electrons. The molecule has 0 aliphatic heterocycles. The van der Waals surface area contributed by atoms with Crippen molar-refractivity contribution in [2.75, 3.05) is 20.3 Å². The smallest absolute Gasteiger partial charge is 0.354 e. The molecular formula is C19H20N2O3. The van der Waals surface area contributed by atoms with E-state index in [0.717, 1.165) is 34.2 Å². The first kappa shape index (κ1) is 16.1. The largest absolute Gasteiger partial charge is 0.493 e. The lowest BCUT2D eigenvalue weighted by molar-refractivity contribution is 0.0595. The Labute approximate surface area is 140 Å². The molecule has 0 saturated carbocycles. The maximum atomic E-state index is 11.9. The first-order chi connectivity index (χ1) is 11.7. The first-order valence-corrected chi connectivity index (χ1v) is 7.87. The van der Waals surface area contributed by atoms with Crippen LogP contribution in [0.3, 0.4) is 0 Å². The number of methoxy groups -OCH3 is 1. The van der Waals surface area contributed by atoms with Gasteiger partial charge in [-0.25, -0.2) is 4.79 Å². The second-order valence-corrected chi connectivity index (χ2v) is 5.43. The molecule has 0 amide bonds. The second-order valence-electron chi connectivity index (χ2n) is 5.43. The van der Waals surface area contributed by atoms with E-state index in [9.17, 15) is 4.79 Å². The highest BCUT2D eigenvalue weighted by Gasteiger charge is 2.16. The highest BCUT2D eigenvalue weighted by Crippen LogP contribution is 2.35. The Hall–Kier alpha value is -2.79. The van der Waals surface area contributed by atoms with Gasteiger partial charge in [-0.15, -0.1) is 0 Å². The standard InChI is InChI=1S/C19H20N2O3/c1-23-19(22)16-12-15-17(24-11-5-10-20)9-8-14(18(15)21-16)13-6-3-2-4-7-13/h2-4,6-9,12,21H,5,10-11,20H2,1H3. The molecule has 5 nitrogen and oxygen atoms in total. The average molecular weight is 324 g/mol. The van der Waals surface area contributed by atoms with Crippen molar-refractivity contribution in [3.05, 3.63) is 54.2 Å². The lowest BCUT2D eigenvalue weighted by Gasteiger charge is -2.10. The molecule has 0 radical (unpaired) electrons. The van der Waals surface area contributed by atoms with Crippen molar-refractivity contribution in [1.29, 1.82) is 0 Å². The van der Waals surface area contributed by atoms with Gasteiger partial charge >= 0.3 is 5.97 Å². The van der Waals surface area contributed by atoms with Crippen molar-refractivity contribution in [2.24, 2.45) is 5.73 Å². The van der Waals surface area contributed by atoms with Crippen LogP contribution in [0.4, 0.5) is 0 Å². The predicted octanol–water partition coefficient (Wildman–Crippen LogP) is 3.35. The van der Waals surface area contributed by atoms with Crippen LogP contribution in [0.2, 0.25) is 0 Å². The monoisotopic (exact) mass is 324 g/mol. The van der Waals surface area contributed by atoms with E-state index in [4.69, 9.17) is 15.2 Å². The Bertz CT molecular complexity index is 840. The Kier molecular flexibility index (Phi) is 4.82. The van der Waals surface area contributed by atoms with Crippen molar-refractivity contribution < 1.29 is 14.3 Å². The number of aromatic nitrogens is 1. The number of nitrogens with one attached hydrogen (secondary N) is 1. The van der Waals surface area contributed by atoms with E-state index in [2.05, 4.69) is 4.98 Å². The van der Waals surface area contributed by atoms with Gasteiger partial charge in [0.1, 0.15) is 11.4 Å². The second kappa shape index (κ2) is 7.19. The summed E-state index contributed by atoms with van der Waals surface area (Å²) in [6, 6.07) is 15.7. The zero-order chi connectivity index (χ0) is 16.9. The number of rotatable bonds is 6. The Morgan fingerprint density at radius 3 is 2.67 bits per heavy atom. The molecule has 0 fully saturated rings. The summed E-state index contributed by atoms with van der Waals surface area (Å²) < 4.78 is 10.6. The molecule has 0 aliphatic rings. The van der Waals surface area contributed by atoms with Crippen molar-refractivity contribution >= 4 is 16.9 Å². The molecule has 0 saturated heterocycles. The van der Waals surface area contributed by atoms with Gasteiger partial charge in [0.15, 0.2) is 0 Å². The summed E-state index contributed by atoms with van der Waals surface area (Å²) in [4.78, 5) is 15.1. The molecule has 3 N–H and O–H groups in total. The third kappa shape index (κ3) is 3.12. The number of carbonyl (C=O) groups excluding carboxylic acids is 1. The van der Waals surface area contributed by atoms with Crippen LogP contribution in [0.1, 0.15) is 16.9 Å². The molecule has 0 spiro atoms. The van der Waals surface area contributed by atoms with Crippen molar-refractivity contribution in [3.63, 3.8) is 0 Å². The summed E-state index contributed by atoms with van der Waals surface area (Å²) in [6.07, 6.45) is 0.774. The van der Waals surface area contributed by atoms with Crippen molar-refractivity contribution in [3.8, 4) is 16.9 Å². The minimum atomic E-state index is -0.405. The number of hydrogen-bond acceptors (Lipinski definition) is 4. The number of fused-ring (bicyclic) bond motifs is 1. The van der Waals surface area contributed by atoms with E-state index in [1.165, 1.54) is 7.11 Å². The zero-order valence-electron chi connectivity index (χ0n) is 13.5. The predicted molar refractivity (Wildman–Crippen MR) is 94.2 cm³/mol. The van der Waals surface area contributed by atoms with Crippen LogP contribution in [-0.2, 0) is 4.74 Å². The van der Waals surface area contributed by atoms with E-state index in [1.807, 2.05) is 42.5 Å². The van der Waals surface area contributed by atoms with Crippen LogP contribution in [-0.4, -0.2) is 31.2 Å². The maximum Gasteiger partial charge on any atom is 0.354 e. The normalized spacial score (nSPS) is 10.8. The summed E-state index contributed by atoms with van der Waals surface area (Å²) in [7, 11) is 1.37. The fourth-order valence-electron chi connectivity index (χ4n) is 2.66. The summed E-state index contributed by atoms with van der Waals surface area (Å²) >= 11 is 0. The van der Waals surface area contributed by atoms with Gasteiger partial charge in [0.2, 0.25) is 0 Å². The van der Waals surface area contributed by atoms with Crippen molar-refractivity contribution in [1.82, 2.24) is 4.98 Å². The molecule has 5 heteroatoms. The van der Waals surface area contributed by atoms with Gasteiger partial charge in [-0.3, -0.25) is 0 Å². The average Bonchev–Trinajstić information content (AvgIpc) is 3.07. The molecule has 0 atom stereocenters. The van der Waals surface area contributed by atoms with E-state index in [0.29, 0.717) is 18.8 Å². The molecule has 3 aromatic rings. The topological polar surface area (TPSA) is 77.3 Å². The summed E-state index contributed by atoms with van der Waals surface area (Å²) in [5.41, 5.74) is 8.85. The van der Waals surface area contributed by atoms with E-state index < -0.39 is 5.97 Å². The van der Waals surface area contributed by atoms with Crippen LogP contribution < -0.4 is 10.5 Å². The van der Waals surface area contributed by atoms with Crippen LogP contribution in [0.25, 0.3) is 22.0 Å². The summed E-state index contributed by atoms with van der Waals surface area (Å²) in [5.74, 6) is 0.322. The SMILES string of the molecule is COC(=O)c1cc2c(OCCCN)ccc(-c3ccccc3)c2[nH]1. The number of aromatic amines is 1. The molecular weight excluding hydrogens is 304 g/mol. The third-order valence-electron chi connectivity index (χ3n) is 3.85. The lowest BCUT2D eigenvalue weighted by Crippen LogP contribution is -2.06. The van der Waals surface area contributed by atoms with Gasteiger partial charge in [0.05, 0.1) is 19.2 Å². The third-order valence-corrected chi connectivity index (χ3v) is 3.85. The van der Waals surface area contributed by atoms with Crippen LogP contribution in [0.5, 0.6) is 5.75 Å². The van der Waals surface area contributed by atoms with Crippen molar-refractivity contribution in [2.45, 2.75) is 6.42 Å². The number of H-pyrrole nitrogens is 1. The Balaban J connectivity index is 2.11. The number of hydrogen-bond donors (Lipinski definition) is 2. The number of ether oxygens (including phenoxy) is 2. The van der Waals surface area contributed by atoms with Gasteiger partial charge in [0.25, 0.3) is 0 Å². The fraction of sp³-hybridized carbons (Fsp3) is 0.211. The van der Waals surface area contributed by atoms with Gasteiger partial charge in [-0.05, 0) is 36.7 Å². The van der Waals surface area contributed by atoms with Gasteiger partial charge in [-0.2, -0.15) is 0 Å². The molecule has 3 rings (SSSR count). The van der Waals surface area contributed by atoms with E-state index in [-0.39, 0.29) is 0 Å². The van der Waals surface area contributed by atoms with Gasteiger partial charge in [0, 0.05) is 10.9 Å². The van der Waals surface area contributed by atoms with Crippen LogP contribution in [0, 0.1) is 0 Å². The minimum Gasteiger partial charge on any atom is -0.493 e. The van der Waals surface area contributed by atoms with Gasteiger partial charge < -0.3 is 20.2 Å². The number of carbonyl (C=O) groups is 1. The fourth-order valence-corrected chi connectivity index (χ4v) is 2.66. The quantitative estimate of drug-likeness (QED) is 0.538. The van der Waals surface area contributed by atoms with E-state index in [1.54, 1.807) is 6.07 Å². The molecule has 2 aromatic carbocycles. The number of benzene rings is 2. The van der Waals surface area contributed by atoms with Crippen LogP contribution >= 0.6 is 0 Å². The Morgan fingerprint density at radius 2 is 1.96 bits per heavy atom. The van der Waals surface area contributed by atoms with E-state index >= 15 is 0 Å². The maximum absolute atomic E-state index is 11.9. The molecule has 24 heavy (non-hydrogen) atoms. The van der Waals surface area contributed by atoms with Crippen LogP contribution in [0.15, 0.2) is 48.5 Å². The minimum absolute atomic E-state index is 0.402. The summed E-state index contributed by atoms with van der Waals surface area (Å²) in [6.45, 7) is 1.11. The number of esters is 1. The highest BCUT2D eigenvalue weighted by atomic mass is 16.5. The molecule has 0 aliphatic carbocycles. The first-order valence-electron chi connectivity index (χ1n) is 7.87. The molecule has 1 aromatic heterocycles. The van der Waals surface area contributed by atoms with Gasteiger partial charge in [-0.1, -0.05) is 30.3 Å². The molecule has 0 bridgehead atoms. The number of nitrogens with two attached hydrogens (primary N) is 1. The molecule has 1 heterocycles. The zero-order valence-corrected chi connectivity index (χ0v) is 13.5.